The minimum absolute atomic E-state index is 0.0460. The predicted octanol–water partition coefficient (Wildman–Crippen LogP) is 2.87. The third-order valence-corrected chi connectivity index (χ3v) is 4.65. The van der Waals surface area contributed by atoms with Gasteiger partial charge in [0.25, 0.3) is 5.91 Å². The Bertz CT molecular complexity index is 510. The van der Waals surface area contributed by atoms with Crippen LogP contribution in [0, 0.1) is 0 Å². The topological polar surface area (TPSA) is 49.6 Å². The molecule has 0 aliphatic carbocycles. The monoisotopic (exact) mass is 309 g/mol. The molecule has 1 fully saturated rings. The first-order valence-electron chi connectivity index (χ1n) is 7.46. The lowest BCUT2D eigenvalue weighted by atomic mass is 10.0. The van der Waals surface area contributed by atoms with Crippen LogP contribution in [0.4, 0.5) is 5.69 Å². The number of benzene rings is 1. The number of piperidine rings is 1. The molecule has 1 aliphatic rings. The van der Waals surface area contributed by atoms with Gasteiger partial charge in [-0.05, 0) is 44.9 Å². The zero-order valence-electron chi connectivity index (χ0n) is 13.0. The number of hydrogen-bond donors (Lipinski definition) is 1. The highest BCUT2D eigenvalue weighted by atomic mass is 35.5. The van der Waals surface area contributed by atoms with Crippen LogP contribution in [0.5, 0.6) is 0 Å². The molecule has 0 radical (unpaired) electrons. The normalized spacial score (nSPS) is 17.2. The lowest BCUT2D eigenvalue weighted by Crippen LogP contribution is -2.47. The van der Waals surface area contributed by atoms with E-state index in [-0.39, 0.29) is 11.9 Å². The van der Waals surface area contributed by atoms with Gasteiger partial charge in [0.2, 0.25) is 0 Å². The molecule has 0 aromatic heterocycles. The smallest absolute Gasteiger partial charge is 0.255 e. The van der Waals surface area contributed by atoms with Crippen LogP contribution >= 0.6 is 11.6 Å². The number of carbonyl (C=O) groups is 1. The SMILES string of the molecule is CC(C)N1CCC(N(C)C(=O)c2cc(N)ccc2Cl)CC1. The van der Waals surface area contributed by atoms with Crippen molar-refractivity contribution in [2.45, 2.75) is 38.8 Å². The average molecular weight is 310 g/mol. The van der Waals surface area contributed by atoms with E-state index in [0.717, 1.165) is 25.9 Å². The first-order valence-corrected chi connectivity index (χ1v) is 7.84. The van der Waals surface area contributed by atoms with Crippen molar-refractivity contribution in [2.75, 3.05) is 25.9 Å². The van der Waals surface area contributed by atoms with E-state index in [1.807, 2.05) is 11.9 Å². The highest BCUT2D eigenvalue weighted by Gasteiger charge is 2.27. The molecule has 21 heavy (non-hydrogen) atoms. The zero-order valence-corrected chi connectivity index (χ0v) is 13.7. The molecule has 0 unspecified atom stereocenters. The summed E-state index contributed by atoms with van der Waals surface area (Å²) >= 11 is 6.13. The summed E-state index contributed by atoms with van der Waals surface area (Å²) < 4.78 is 0. The fraction of sp³-hybridized carbons (Fsp3) is 0.562. The Kier molecular flexibility index (Phi) is 5.12. The van der Waals surface area contributed by atoms with Crippen LogP contribution in [0.15, 0.2) is 18.2 Å². The quantitative estimate of drug-likeness (QED) is 0.874. The van der Waals surface area contributed by atoms with Gasteiger partial charge in [0.1, 0.15) is 0 Å². The molecule has 1 heterocycles. The van der Waals surface area contributed by atoms with Gasteiger partial charge >= 0.3 is 0 Å². The van der Waals surface area contributed by atoms with E-state index in [1.54, 1.807) is 18.2 Å². The Morgan fingerprint density at radius 3 is 2.57 bits per heavy atom. The van der Waals surface area contributed by atoms with Crippen LogP contribution in [0.2, 0.25) is 5.02 Å². The van der Waals surface area contributed by atoms with Crippen LogP contribution < -0.4 is 5.73 Å². The van der Waals surface area contributed by atoms with Gasteiger partial charge in [0.15, 0.2) is 0 Å². The summed E-state index contributed by atoms with van der Waals surface area (Å²) in [6.45, 7) is 6.48. The van der Waals surface area contributed by atoms with Gasteiger partial charge in [0.05, 0.1) is 10.6 Å². The Morgan fingerprint density at radius 1 is 1.38 bits per heavy atom. The van der Waals surface area contributed by atoms with Crippen molar-refractivity contribution in [1.29, 1.82) is 0 Å². The molecule has 2 rings (SSSR count). The second-order valence-corrected chi connectivity index (χ2v) is 6.42. The maximum absolute atomic E-state index is 12.6. The predicted molar refractivity (Wildman–Crippen MR) is 87.7 cm³/mol. The summed E-state index contributed by atoms with van der Waals surface area (Å²) in [5.74, 6) is -0.0460. The van der Waals surface area contributed by atoms with Gasteiger partial charge in [-0.1, -0.05) is 11.6 Å². The minimum Gasteiger partial charge on any atom is -0.399 e. The Balaban J connectivity index is 2.05. The van der Waals surface area contributed by atoms with Gasteiger partial charge in [0, 0.05) is 37.9 Å². The molecular weight excluding hydrogens is 286 g/mol. The van der Waals surface area contributed by atoms with Crippen molar-refractivity contribution in [3.05, 3.63) is 28.8 Å². The molecule has 116 valence electrons. The number of nitrogens with two attached hydrogens (primary N) is 1. The largest absolute Gasteiger partial charge is 0.399 e. The van der Waals surface area contributed by atoms with Crippen LogP contribution in [0.25, 0.3) is 0 Å². The third kappa shape index (κ3) is 3.69. The van der Waals surface area contributed by atoms with Gasteiger partial charge < -0.3 is 15.5 Å². The molecule has 5 heteroatoms. The molecule has 1 amide bonds. The zero-order chi connectivity index (χ0) is 15.6. The number of anilines is 1. The molecule has 0 atom stereocenters. The highest BCUT2D eigenvalue weighted by Crippen LogP contribution is 2.24. The van der Waals surface area contributed by atoms with Crippen LogP contribution in [-0.4, -0.2) is 47.9 Å². The number of amides is 1. The van der Waals surface area contributed by atoms with Crippen molar-refractivity contribution in [2.24, 2.45) is 0 Å². The van der Waals surface area contributed by atoms with Gasteiger partial charge in [-0.2, -0.15) is 0 Å². The van der Waals surface area contributed by atoms with Crippen molar-refractivity contribution in [1.82, 2.24) is 9.80 Å². The minimum atomic E-state index is -0.0460. The summed E-state index contributed by atoms with van der Waals surface area (Å²) in [4.78, 5) is 16.9. The summed E-state index contributed by atoms with van der Waals surface area (Å²) in [5.41, 5.74) is 6.81. The molecule has 1 aromatic rings. The number of nitrogens with zero attached hydrogens (tertiary/aromatic N) is 2. The van der Waals surface area contributed by atoms with Crippen LogP contribution in [0.3, 0.4) is 0 Å². The number of rotatable bonds is 3. The average Bonchev–Trinajstić information content (AvgIpc) is 2.48. The number of hydrogen-bond acceptors (Lipinski definition) is 3. The molecule has 0 spiro atoms. The van der Waals surface area contributed by atoms with Gasteiger partial charge in [-0.3, -0.25) is 4.79 Å². The fourth-order valence-electron chi connectivity index (χ4n) is 2.85. The molecular formula is C16H24ClN3O. The first kappa shape index (κ1) is 16.1. The summed E-state index contributed by atoms with van der Waals surface area (Å²) in [7, 11) is 1.86. The Morgan fingerprint density at radius 2 is 2.00 bits per heavy atom. The maximum Gasteiger partial charge on any atom is 0.255 e. The molecule has 4 nitrogen and oxygen atoms in total. The van der Waals surface area contributed by atoms with Gasteiger partial charge in [-0.15, -0.1) is 0 Å². The Hall–Kier alpha value is -1.26. The number of likely N-dealkylation sites (tertiary alicyclic amines) is 1. The molecule has 1 aromatic carbocycles. The number of halogens is 1. The summed E-state index contributed by atoms with van der Waals surface area (Å²) in [5, 5.41) is 0.459. The highest BCUT2D eigenvalue weighted by molar-refractivity contribution is 6.34. The summed E-state index contributed by atoms with van der Waals surface area (Å²) in [6, 6.07) is 5.88. The molecule has 1 saturated heterocycles. The van der Waals surface area contributed by atoms with Crippen LogP contribution in [-0.2, 0) is 0 Å². The molecule has 0 bridgehead atoms. The van der Waals surface area contributed by atoms with Crippen molar-refractivity contribution in [3.8, 4) is 0 Å². The lowest BCUT2D eigenvalue weighted by Gasteiger charge is -2.38. The van der Waals surface area contributed by atoms with Crippen molar-refractivity contribution >= 4 is 23.2 Å². The van der Waals surface area contributed by atoms with E-state index in [2.05, 4.69) is 18.7 Å². The van der Waals surface area contributed by atoms with E-state index in [4.69, 9.17) is 17.3 Å². The first-order chi connectivity index (χ1) is 9.90. The van der Waals surface area contributed by atoms with E-state index in [0.29, 0.717) is 22.3 Å². The van der Waals surface area contributed by atoms with E-state index in [9.17, 15) is 4.79 Å². The van der Waals surface area contributed by atoms with Crippen molar-refractivity contribution in [3.63, 3.8) is 0 Å². The number of carbonyl (C=O) groups excluding carboxylic acids is 1. The molecule has 1 aliphatic heterocycles. The van der Waals surface area contributed by atoms with Crippen LogP contribution in [0.1, 0.15) is 37.0 Å². The van der Waals surface area contributed by atoms with E-state index >= 15 is 0 Å². The molecule has 2 N–H and O–H groups in total. The van der Waals surface area contributed by atoms with Crippen molar-refractivity contribution < 1.29 is 4.79 Å². The molecule has 0 saturated carbocycles. The third-order valence-electron chi connectivity index (χ3n) is 4.32. The number of nitrogen functional groups attached to an aromatic ring is 1. The summed E-state index contributed by atoms with van der Waals surface area (Å²) in [6.07, 6.45) is 2.00. The fourth-order valence-corrected chi connectivity index (χ4v) is 3.05. The Labute approximate surface area is 131 Å². The van der Waals surface area contributed by atoms with E-state index in [1.165, 1.54) is 0 Å². The lowest BCUT2D eigenvalue weighted by molar-refractivity contribution is 0.0615. The second kappa shape index (κ2) is 6.67. The standard InChI is InChI=1S/C16H24ClN3O/c1-11(2)20-8-6-13(7-9-20)19(3)16(21)14-10-12(18)4-5-15(14)17/h4-5,10-11,13H,6-9,18H2,1-3H3. The second-order valence-electron chi connectivity index (χ2n) is 6.02. The van der Waals surface area contributed by atoms with E-state index < -0.39 is 0 Å². The maximum atomic E-state index is 12.6. The van der Waals surface area contributed by atoms with Gasteiger partial charge in [-0.25, -0.2) is 0 Å².